The van der Waals surface area contributed by atoms with Crippen molar-refractivity contribution in [2.45, 2.75) is 32.1 Å². The van der Waals surface area contributed by atoms with E-state index in [9.17, 15) is 5.11 Å². The summed E-state index contributed by atoms with van der Waals surface area (Å²) in [7, 11) is 3.71. The molecule has 1 aliphatic carbocycles. The Bertz CT molecular complexity index is 444. The van der Waals surface area contributed by atoms with Crippen LogP contribution in [0.15, 0.2) is 0 Å². The molecule has 1 aromatic rings. The summed E-state index contributed by atoms with van der Waals surface area (Å²) in [5, 5.41) is 12.9. The van der Waals surface area contributed by atoms with Crippen molar-refractivity contribution in [2.75, 3.05) is 43.2 Å². The number of aliphatic hydroxyl groups excluding tert-OH is 1. The van der Waals surface area contributed by atoms with Crippen molar-refractivity contribution in [1.82, 2.24) is 15.0 Å². The van der Waals surface area contributed by atoms with Crippen molar-refractivity contribution in [3.63, 3.8) is 0 Å². The molecule has 7 nitrogen and oxygen atoms in total. The number of aliphatic hydroxyl groups is 1. The molecular formula is C13H24N6O. The molecule has 0 atom stereocenters. The number of nitrogens with one attached hydrogen (secondary N) is 1. The van der Waals surface area contributed by atoms with Crippen molar-refractivity contribution in [3.8, 4) is 0 Å². The number of hydrogen-bond acceptors (Lipinski definition) is 7. The van der Waals surface area contributed by atoms with Gasteiger partial charge in [-0.2, -0.15) is 15.0 Å². The minimum atomic E-state index is -0.0576. The van der Waals surface area contributed by atoms with E-state index in [-0.39, 0.29) is 18.0 Å². The lowest BCUT2D eigenvalue weighted by atomic mass is 9.74. The van der Waals surface area contributed by atoms with E-state index in [4.69, 9.17) is 5.73 Å². The third-order valence-corrected chi connectivity index (χ3v) is 3.91. The first-order valence-electron chi connectivity index (χ1n) is 7.08. The molecule has 0 aliphatic heterocycles. The smallest absolute Gasteiger partial charge is 0.231 e. The van der Waals surface area contributed by atoms with E-state index >= 15 is 0 Å². The quantitative estimate of drug-likeness (QED) is 0.736. The fourth-order valence-electron chi connectivity index (χ4n) is 2.62. The maximum atomic E-state index is 9.69. The highest BCUT2D eigenvalue weighted by molar-refractivity contribution is 5.40. The predicted octanol–water partition coefficient (Wildman–Crippen LogP) is 0.874. The average Bonchev–Trinajstić information content (AvgIpc) is 2.45. The number of aromatic nitrogens is 3. The highest BCUT2D eigenvalue weighted by atomic mass is 16.3. The molecule has 0 unspecified atom stereocenters. The zero-order valence-electron chi connectivity index (χ0n) is 12.3. The molecule has 20 heavy (non-hydrogen) atoms. The van der Waals surface area contributed by atoms with Gasteiger partial charge in [-0.1, -0.05) is 19.3 Å². The average molecular weight is 280 g/mol. The largest absolute Gasteiger partial charge is 0.396 e. The molecule has 4 N–H and O–H groups in total. The number of hydrogen-bond donors (Lipinski definition) is 3. The van der Waals surface area contributed by atoms with Gasteiger partial charge in [0.1, 0.15) is 0 Å². The first-order valence-corrected chi connectivity index (χ1v) is 7.08. The number of nitrogens with two attached hydrogens (primary N) is 1. The molecule has 0 amide bonds. The summed E-state index contributed by atoms with van der Waals surface area (Å²) in [6.07, 6.45) is 5.68. The summed E-state index contributed by atoms with van der Waals surface area (Å²) in [5.74, 6) is 1.20. The summed E-state index contributed by atoms with van der Waals surface area (Å²) in [6.45, 7) is 0.862. The van der Waals surface area contributed by atoms with Gasteiger partial charge in [0.05, 0.1) is 6.61 Å². The Morgan fingerprint density at radius 3 is 2.50 bits per heavy atom. The maximum Gasteiger partial charge on any atom is 0.231 e. The Hall–Kier alpha value is -1.63. The van der Waals surface area contributed by atoms with Crippen LogP contribution < -0.4 is 16.0 Å². The molecule has 0 spiro atoms. The fourth-order valence-corrected chi connectivity index (χ4v) is 2.62. The molecule has 1 saturated carbocycles. The van der Waals surface area contributed by atoms with Gasteiger partial charge in [-0.05, 0) is 12.8 Å². The number of nitrogens with zero attached hydrogens (tertiary/aromatic N) is 4. The van der Waals surface area contributed by atoms with Crippen LogP contribution in [0.4, 0.5) is 17.8 Å². The molecule has 0 radical (unpaired) electrons. The van der Waals surface area contributed by atoms with E-state index in [2.05, 4.69) is 20.3 Å². The second kappa shape index (κ2) is 6.21. The van der Waals surface area contributed by atoms with E-state index in [0.717, 1.165) is 12.8 Å². The van der Waals surface area contributed by atoms with Crippen LogP contribution in [0.1, 0.15) is 32.1 Å². The third kappa shape index (κ3) is 3.47. The summed E-state index contributed by atoms with van der Waals surface area (Å²) in [4.78, 5) is 14.3. The van der Waals surface area contributed by atoms with Crippen molar-refractivity contribution < 1.29 is 5.11 Å². The van der Waals surface area contributed by atoms with Gasteiger partial charge < -0.3 is 21.1 Å². The van der Waals surface area contributed by atoms with Gasteiger partial charge in [-0.25, -0.2) is 0 Å². The van der Waals surface area contributed by atoms with Gasteiger partial charge in [0.25, 0.3) is 0 Å². The monoisotopic (exact) mass is 280 g/mol. The molecule has 112 valence electrons. The summed E-state index contributed by atoms with van der Waals surface area (Å²) in [5.41, 5.74) is 5.64. The summed E-state index contributed by atoms with van der Waals surface area (Å²) in [6, 6.07) is 0. The van der Waals surface area contributed by atoms with Crippen LogP contribution in [-0.4, -0.2) is 47.3 Å². The second-order valence-electron chi connectivity index (χ2n) is 5.78. The van der Waals surface area contributed by atoms with Gasteiger partial charge >= 0.3 is 0 Å². The van der Waals surface area contributed by atoms with Crippen LogP contribution >= 0.6 is 0 Å². The molecule has 1 heterocycles. The van der Waals surface area contributed by atoms with Crippen molar-refractivity contribution in [2.24, 2.45) is 5.41 Å². The normalized spacial score (nSPS) is 17.8. The Kier molecular flexibility index (Phi) is 4.59. The SMILES string of the molecule is CN(C)c1nc(N)nc(NCC2(CO)CCCCC2)n1. The highest BCUT2D eigenvalue weighted by Crippen LogP contribution is 2.35. The Balaban J connectivity index is 2.06. The van der Waals surface area contributed by atoms with Gasteiger partial charge in [-0.15, -0.1) is 0 Å². The van der Waals surface area contributed by atoms with Gasteiger partial charge in [0.15, 0.2) is 0 Å². The van der Waals surface area contributed by atoms with Crippen LogP contribution in [0.5, 0.6) is 0 Å². The molecule has 1 fully saturated rings. The van der Waals surface area contributed by atoms with Crippen LogP contribution in [0.3, 0.4) is 0 Å². The molecule has 1 aliphatic rings. The predicted molar refractivity (Wildman–Crippen MR) is 79.7 cm³/mol. The minimum Gasteiger partial charge on any atom is -0.396 e. The van der Waals surface area contributed by atoms with E-state index in [1.807, 2.05) is 14.1 Å². The van der Waals surface area contributed by atoms with Crippen LogP contribution in [-0.2, 0) is 0 Å². The lowest BCUT2D eigenvalue weighted by Gasteiger charge is -2.35. The molecule has 0 aromatic carbocycles. The zero-order chi connectivity index (χ0) is 14.6. The van der Waals surface area contributed by atoms with Gasteiger partial charge in [0.2, 0.25) is 17.8 Å². The van der Waals surface area contributed by atoms with Gasteiger partial charge in [-0.3, -0.25) is 0 Å². The van der Waals surface area contributed by atoms with E-state index < -0.39 is 0 Å². The molecule has 0 saturated heterocycles. The van der Waals surface area contributed by atoms with Gasteiger partial charge in [0, 0.05) is 26.1 Å². The summed E-state index contributed by atoms with van der Waals surface area (Å²) >= 11 is 0. The Morgan fingerprint density at radius 1 is 1.20 bits per heavy atom. The molecule has 7 heteroatoms. The topological polar surface area (TPSA) is 100 Å². The van der Waals surface area contributed by atoms with Crippen LogP contribution in [0.25, 0.3) is 0 Å². The molecular weight excluding hydrogens is 256 g/mol. The van der Waals surface area contributed by atoms with Crippen LogP contribution in [0.2, 0.25) is 0 Å². The molecule has 0 bridgehead atoms. The standard InChI is InChI=1S/C13H24N6O/c1-19(2)12-17-10(14)16-11(18-12)15-8-13(9-20)6-4-3-5-7-13/h20H,3-9H2,1-2H3,(H3,14,15,16,17,18). The highest BCUT2D eigenvalue weighted by Gasteiger charge is 2.31. The number of rotatable bonds is 5. The first kappa shape index (κ1) is 14.8. The zero-order valence-corrected chi connectivity index (χ0v) is 12.3. The summed E-state index contributed by atoms with van der Waals surface area (Å²) < 4.78 is 0. The molecule has 2 rings (SSSR count). The molecule has 1 aromatic heterocycles. The van der Waals surface area contributed by atoms with E-state index in [0.29, 0.717) is 18.4 Å². The third-order valence-electron chi connectivity index (χ3n) is 3.91. The fraction of sp³-hybridized carbons (Fsp3) is 0.769. The van der Waals surface area contributed by atoms with E-state index in [1.54, 1.807) is 4.90 Å². The Labute approximate surface area is 119 Å². The lowest BCUT2D eigenvalue weighted by Crippen LogP contribution is -2.36. The van der Waals surface area contributed by atoms with Crippen molar-refractivity contribution in [3.05, 3.63) is 0 Å². The Morgan fingerprint density at radius 2 is 1.90 bits per heavy atom. The van der Waals surface area contributed by atoms with E-state index in [1.165, 1.54) is 19.3 Å². The minimum absolute atomic E-state index is 0.0576. The number of nitrogen functional groups attached to an aromatic ring is 1. The first-order chi connectivity index (χ1) is 9.54. The van der Waals surface area contributed by atoms with Crippen molar-refractivity contribution in [1.29, 1.82) is 0 Å². The maximum absolute atomic E-state index is 9.69. The second-order valence-corrected chi connectivity index (χ2v) is 5.78. The van der Waals surface area contributed by atoms with Crippen molar-refractivity contribution >= 4 is 17.8 Å². The number of anilines is 3. The van der Waals surface area contributed by atoms with Crippen LogP contribution in [0, 0.1) is 5.41 Å². The lowest BCUT2D eigenvalue weighted by molar-refractivity contribution is 0.0942.